The summed E-state index contributed by atoms with van der Waals surface area (Å²) in [6.07, 6.45) is 1.50. The number of aliphatic hydroxyl groups is 1. The van der Waals surface area contributed by atoms with Crippen LogP contribution in [0.2, 0.25) is 0 Å². The fraction of sp³-hybridized carbons (Fsp3) is 0.294. The molecule has 2 aromatic carbocycles. The Labute approximate surface area is 128 Å². The predicted octanol–water partition coefficient (Wildman–Crippen LogP) is 1.76. The van der Waals surface area contributed by atoms with Crippen LogP contribution >= 0.6 is 0 Å². The molecule has 1 aliphatic rings. The van der Waals surface area contributed by atoms with E-state index in [1.807, 2.05) is 30.3 Å². The summed E-state index contributed by atoms with van der Waals surface area (Å²) < 4.78 is 0. The van der Waals surface area contributed by atoms with Gasteiger partial charge in [-0.25, -0.2) is 0 Å². The summed E-state index contributed by atoms with van der Waals surface area (Å²) in [5.41, 5.74) is 5.36. The Morgan fingerprint density at radius 2 is 1.77 bits per heavy atom. The number of rotatable bonds is 2. The first-order chi connectivity index (χ1) is 10.7. The van der Waals surface area contributed by atoms with E-state index in [0.717, 1.165) is 17.2 Å². The number of hydrogen-bond donors (Lipinski definition) is 3. The second-order valence-electron chi connectivity index (χ2n) is 5.57. The molecule has 2 unspecified atom stereocenters. The van der Waals surface area contributed by atoms with Gasteiger partial charge >= 0.3 is 0 Å². The third kappa shape index (κ3) is 2.80. The van der Waals surface area contributed by atoms with Crippen LogP contribution in [0.4, 0.5) is 0 Å². The summed E-state index contributed by atoms with van der Waals surface area (Å²) >= 11 is 0. The van der Waals surface area contributed by atoms with Gasteiger partial charge in [0.05, 0.1) is 12.0 Å². The third-order valence-corrected chi connectivity index (χ3v) is 4.15. The molecule has 0 bridgehead atoms. The summed E-state index contributed by atoms with van der Waals surface area (Å²) in [6.45, 7) is 0. The van der Waals surface area contributed by atoms with E-state index in [4.69, 9.17) is 0 Å². The summed E-state index contributed by atoms with van der Waals surface area (Å²) in [6, 6.07) is 13.0. The standard InChI is InChI=1S/C17H18N2O3/c20-15-10-4-9-14(15)17(22)19-18-16(21)13-8-3-6-11-5-1-2-7-12(11)13/h1-3,5-8,14-15,20H,4,9-10H2,(H,18,21)(H,19,22). The van der Waals surface area contributed by atoms with E-state index < -0.39 is 12.0 Å². The fourth-order valence-corrected chi connectivity index (χ4v) is 2.95. The number of nitrogens with one attached hydrogen (secondary N) is 2. The van der Waals surface area contributed by atoms with E-state index in [9.17, 15) is 14.7 Å². The van der Waals surface area contributed by atoms with Crippen LogP contribution in [-0.4, -0.2) is 23.0 Å². The van der Waals surface area contributed by atoms with Crippen molar-refractivity contribution in [3.8, 4) is 0 Å². The normalized spacial score (nSPS) is 20.8. The molecular formula is C17H18N2O3. The van der Waals surface area contributed by atoms with Crippen molar-refractivity contribution in [1.29, 1.82) is 0 Å². The zero-order valence-electron chi connectivity index (χ0n) is 12.1. The molecule has 0 heterocycles. The third-order valence-electron chi connectivity index (χ3n) is 4.15. The molecule has 2 atom stereocenters. The Morgan fingerprint density at radius 1 is 1.00 bits per heavy atom. The lowest BCUT2D eigenvalue weighted by molar-refractivity contribution is -0.128. The van der Waals surface area contributed by atoms with Crippen molar-refractivity contribution >= 4 is 22.6 Å². The number of carbonyl (C=O) groups is 2. The number of benzene rings is 2. The Morgan fingerprint density at radius 3 is 2.55 bits per heavy atom. The zero-order valence-corrected chi connectivity index (χ0v) is 12.1. The van der Waals surface area contributed by atoms with Crippen LogP contribution in [0.1, 0.15) is 29.6 Å². The van der Waals surface area contributed by atoms with E-state index in [0.29, 0.717) is 18.4 Å². The Bertz CT molecular complexity index is 709. The summed E-state index contributed by atoms with van der Waals surface area (Å²) in [4.78, 5) is 24.2. The topological polar surface area (TPSA) is 78.4 Å². The lowest BCUT2D eigenvalue weighted by atomic mass is 10.0. The molecule has 0 aromatic heterocycles. The van der Waals surface area contributed by atoms with E-state index in [2.05, 4.69) is 10.9 Å². The highest BCUT2D eigenvalue weighted by Gasteiger charge is 2.31. The smallest absolute Gasteiger partial charge is 0.270 e. The molecule has 0 saturated heterocycles. The Hall–Kier alpha value is -2.40. The van der Waals surface area contributed by atoms with Crippen molar-refractivity contribution in [3.05, 3.63) is 48.0 Å². The minimum Gasteiger partial charge on any atom is -0.392 e. The molecule has 3 rings (SSSR count). The average molecular weight is 298 g/mol. The number of hydrogen-bond acceptors (Lipinski definition) is 3. The molecule has 1 aliphatic carbocycles. The van der Waals surface area contributed by atoms with Crippen LogP contribution in [0, 0.1) is 5.92 Å². The van der Waals surface area contributed by atoms with Crippen molar-refractivity contribution in [2.75, 3.05) is 0 Å². The van der Waals surface area contributed by atoms with Crippen LogP contribution < -0.4 is 10.9 Å². The maximum Gasteiger partial charge on any atom is 0.270 e. The highest BCUT2D eigenvalue weighted by atomic mass is 16.3. The van der Waals surface area contributed by atoms with Gasteiger partial charge in [-0.3, -0.25) is 20.4 Å². The molecule has 5 heteroatoms. The number of aliphatic hydroxyl groups excluding tert-OH is 1. The molecule has 114 valence electrons. The van der Waals surface area contributed by atoms with E-state index in [1.54, 1.807) is 12.1 Å². The molecule has 22 heavy (non-hydrogen) atoms. The maximum atomic E-state index is 12.3. The van der Waals surface area contributed by atoms with Gasteiger partial charge in [0.25, 0.3) is 5.91 Å². The van der Waals surface area contributed by atoms with Crippen LogP contribution in [0.25, 0.3) is 10.8 Å². The lowest BCUT2D eigenvalue weighted by Gasteiger charge is -2.15. The van der Waals surface area contributed by atoms with Crippen molar-refractivity contribution in [2.45, 2.75) is 25.4 Å². The highest BCUT2D eigenvalue weighted by Crippen LogP contribution is 2.25. The van der Waals surface area contributed by atoms with Gasteiger partial charge in [-0.1, -0.05) is 36.4 Å². The van der Waals surface area contributed by atoms with Crippen molar-refractivity contribution in [1.82, 2.24) is 10.9 Å². The minimum atomic E-state index is -0.616. The van der Waals surface area contributed by atoms with Gasteiger partial charge in [0.15, 0.2) is 0 Å². The molecule has 1 fully saturated rings. The molecule has 5 nitrogen and oxygen atoms in total. The van der Waals surface area contributed by atoms with Crippen molar-refractivity contribution in [3.63, 3.8) is 0 Å². The molecule has 1 saturated carbocycles. The van der Waals surface area contributed by atoms with Gasteiger partial charge in [0, 0.05) is 5.56 Å². The van der Waals surface area contributed by atoms with Crippen LogP contribution in [0.15, 0.2) is 42.5 Å². The number of fused-ring (bicyclic) bond motifs is 1. The van der Waals surface area contributed by atoms with Gasteiger partial charge in [0.2, 0.25) is 5.91 Å². The first kappa shape index (κ1) is 14.5. The van der Waals surface area contributed by atoms with Crippen molar-refractivity contribution < 1.29 is 14.7 Å². The van der Waals surface area contributed by atoms with Gasteiger partial charge in [-0.05, 0) is 36.1 Å². The molecule has 0 radical (unpaired) electrons. The highest BCUT2D eigenvalue weighted by molar-refractivity contribution is 6.07. The number of carbonyl (C=O) groups excluding carboxylic acids is 2. The summed E-state index contributed by atoms with van der Waals surface area (Å²) in [7, 11) is 0. The largest absolute Gasteiger partial charge is 0.392 e. The Balaban J connectivity index is 1.70. The molecule has 2 aromatic rings. The molecule has 0 spiro atoms. The lowest BCUT2D eigenvalue weighted by Crippen LogP contribution is -2.46. The maximum absolute atomic E-state index is 12.3. The van der Waals surface area contributed by atoms with Gasteiger partial charge in [-0.2, -0.15) is 0 Å². The average Bonchev–Trinajstić information content (AvgIpc) is 2.98. The Kier molecular flexibility index (Phi) is 4.06. The van der Waals surface area contributed by atoms with Crippen LogP contribution in [0.3, 0.4) is 0 Å². The molecular weight excluding hydrogens is 280 g/mol. The zero-order chi connectivity index (χ0) is 15.5. The van der Waals surface area contributed by atoms with E-state index in [-0.39, 0.29) is 11.8 Å². The van der Waals surface area contributed by atoms with Crippen LogP contribution in [-0.2, 0) is 4.79 Å². The van der Waals surface area contributed by atoms with Crippen LogP contribution in [0.5, 0.6) is 0 Å². The van der Waals surface area contributed by atoms with Gasteiger partial charge in [-0.15, -0.1) is 0 Å². The number of hydrazine groups is 1. The van der Waals surface area contributed by atoms with Gasteiger partial charge in [0.1, 0.15) is 0 Å². The second-order valence-corrected chi connectivity index (χ2v) is 5.57. The quantitative estimate of drug-likeness (QED) is 0.739. The summed E-state index contributed by atoms with van der Waals surface area (Å²) in [5.74, 6) is -1.14. The predicted molar refractivity (Wildman–Crippen MR) is 82.9 cm³/mol. The molecule has 0 aliphatic heterocycles. The monoisotopic (exact) mass is 298 g/mol. The first-order valence-electron chi connectivity index (χ1n) is 7.43. The fourth-order valence-electron chi connectivity index (χ4n) is 2.95. The van der Waals surface area contributed by atoms with Crippen molar-refractivity contribution in [2.24, 2.45) is 5.92 Å². The second kappa shape index (κ2) is 6.15. The summed E-state index contributed by atoms with van der Waals surface area (Å²) in [5, 5.41) is 11.5. The SMILES string of the molecule is O=C(NNC(=O)C1CCCC1O)c1cccc2ccccc12. The molecule has 2 amide bonds. The first-order valence-corrected chi connectivity index (χ1v) is 7.43. The van der Waals surface area contributed by atoms with E-state index in [1.165, 1.54) is 0 Å². The van der Waals surface area contributed by atoms with Gasteiger partial charge < -0.3 is 5.11 Å². The minimum absolute atomic E-state index is 0.335. The molecule has 3 N–H and O–H groups in total. The number of amides is 2. The van der Waals surface area contributed by atoms with E-state index >= 15 is 0 Å².